The van der Waals surface area contributed by atoms with E-state index in [2.05, 4.69) is 21.4 Å². The van der Waals surface area contributed by atoms with Crippen molar-refractivity contribution in [2.75, 3.05) is 19.8 Å². The summed E-state index contributed by atoms with van der Waals surface area (Å²) >= 11 is 0. The lowest BCUT2D eigenvalue weighted by molar-refractivity contribution is -0.140. The first-order valence-electron chi connectivity index (χ1n) is 6.74. The topological polar surface area (TPSA) is 67.6 Å². The molecule has 0 unspecified atom stereocenters. The average molecular weight is 267 g/mol. The number of morpholine rings is 1. The highest BCUT2D eigenvalue weighted by Gasteiger charge is 2.26. The highest BCUT2D eigenvalue weighted by molar-refractivity contribution is 5.67. The van der Waals surface area contributed by atoms with Crippen LogP contribution in [0.5, 0.6) is 0 Å². The maximum absolute atomic E-state index is 10.9. The Labute approximate surface area is 113 Å². The third-order valence-electron chi connectivity index (χ3n) is 3.37. The summed E-state index contributed by atoms with van der Waals surface area (Å²) in [7, 11) is 0. The number of rotatable bonds is 6. The molecule has 0 radical (unpaired) electrons. The molecule has 1 aliphatic rings. The van der Waals surface area contributed by atoms with Crippen molar-refractivity contribution in [3.8, 4) is 0 Å². The van der Waals surface area contributed by atoms with Gasteiger partial charge in [0.05, 0.1) is 26.2 Å². The summed E-state index contributed by atoms with van der Waals surface area (Å²) in [5.74, 6) is 0.219. The Balaban J connectivity index is 2.02. The van der Waals surface area contributed by atoms with Gasteiger partial charge in [-0.1, -0.05) is 6.92 Å². The van der Waals surface area contributed by atoms with Crippen LogP contribution in [0.15, 0.2) is 12.4 Å². The summed E-state index contributed by atoms with van der Waals surface area (Å²) < 4.78 is 7.51. The van der Waals surface area contributed by atoms with Gasteiger partial charge in [-0.2, -0.15) is 0 Å². The van der Waals surface area contributed by atoms with E-state index in [1.807, 2.05) is 6.20 Å². The van der Waals surface area contributed by atoms with Crippen LogP contribution in [0.25, 0.3) is 0 Å². The van der Waals surface area contributed by atoms with E-state index in [0.29, 0.717) is 19.8 Å². The number of carboxylic acids is 1. The molecule has 0 aromatic carbocycles. The Kier molecular flexibility index (Phi) is 4.93. The third kappa shape index (κ3) is 3.78. The number of ether oxygens (including phenoxy) is 1. The van der Waals surface area contributed by atoms with Gasteiger partial charge in [0.15, 0.2) is 0 Å². The van der Waals surface area contributed by atoms with Crippen LogP contribution < -0.4 is 0 Å². The molecule has 2 rings (SSSR count). The monoisotopic (exact) mass is 267 g/mol. The second-order valence-electron chi connectivity index (χ2n) is 4.83. The number of hydrogen-bond acceptors (Lipinski definition) is 4. The lowest BCUT2D eigenvalue weighted by atomic mass is 10.1. The van der Waals surface area contributed by atoms with Gasteiger partial charge in [-0.15, -0.1) is 0 Å². The lowest BCUT2D eigenvalue weighted by Gasteiger charge is -2.34. The molecule has 6 nitrogen and oxygen atoms in total. The average Bonchev–Trinajstić information content (AvgIpc) is 2.79. The number of aryl methyl sites for hydroxylation is 1. The van der Waals surface area contributed by atoms with Gasteiger partial charge in [0.1, 0.15) is 5.82 Å². The first-order chi connectivity index (χ1) is 9.20. The highest BCUT2D eigenvalue weighted by atomic mass is 16.5. The van der Waals surface area contributed by atoms with Gasteiger partial charge in [0.25, 0.3) is 0 Å². The van der Waals surface area contributed by atoms with Crippen LogP contribution in [0, 0.1) is 0 Å². The van der Waals surface area contributed by atoms with E-state index in [1.165, 1.54) is 0 Å². The van der Waals surface area contributed by atoms with E-state index in [4.69, 9.17) is 9.84 Å². The number of aliphatic carboxylic acids is 1. The fourth-order valence-electron chi connectivity index (χ4n) is 2.40. The second-order valence-corrected chi connectivity index (χ2v) is 4.83. The van der Waals surface area contributed by atoms with Gasteiger partial charge in [0, 0.05) is 31.5 Å². The van der Waals surface area contributed by atoms with Crippen molar-refractivity contribution in [1.29, 1.82) is 0 Å². The van der Waals surface area contributed by atoms with Crippen LogP contribution in [0.4, 0.5) is 0 Å². The molecule has 0 aliphatic carbocycles. The van der Waals surface area contributed by atoms with Crippen molar-refractivity contribution in [3.63, 3.8) is 0 Å². The Morgan fingerprint density at radius 2 is 2.47 bits per heavy atom. The molecule has 1 atom stereocenters. The molecule has 1 aliphatic heterocycles. The first kappa shape index (κ1) is 14.0. The molecule has 1 saturated heterocycles. The van der Waals surface area contributed by atoms with E-state index in [0.717, 1.165) is 25.3 Å². The van der Waals surface area contributed by atoms with Crippen molar-refractivity contribution in [3.05, 3.63) is 18.2 Å². The number of carboxylic acid groups (broad SMARTS) is 1. The Hall–Kier alpha value is -1.40. The molecule has 1 aromatic rings. The summed E-state index contributed by atoms with van der Waals surface area (Å²) in [6, 6.07) is -0.0574. The molecule has 106 valence electrons. The van der Waals surface area contributed by atoms with Gasteiger partial charge in [-0.25, -0.2) is 4.98 Å². The minimum absolute atomic E-state index is 0.0574. The molecule has 2 heterocycles. The molecule has 1 aromatic heterocycles. The van der Waals surface area contributed by atoms with Crippen LogP contribution in [-0.4, -0.2) is 51.3 Å². The van der Waals surface area contributed by atoms with E-state index in [1.54, 1.807) is 6.20 Å². The van der Waals surface area contributed by atoms with Crippen LogP contribution in [0.3, 0.4) is 0 Å². The van der Waals surface area contributed by atoms with Gasteiger partial charge in [-0.05, 0) is 6.42 Å². The predicted octanol–water partition coefficient (Wildman–Crippen LogP) is 0.969. The minimum atomic E-state index is -0.780. The van der Waals surface area contributed by atoms with Crippen LogP contribution in [-0.2, 0) is 22.6 Å². The zero-order valence-corrected chi connectivity index (χ0v) is 11.3. The fraction of sp³-hybridized carbons (Fsp3) is 0.692. The number of imidazole rings is 1. The summed E-state index contributed by atoms with van der Waals surface area (Å²) in [5, 5.41) is 8.95. The second kappa shape index (κ2) is 6.68. The molecule has 1 fully saturated rings. The SMILES string of the molecule is CCCn1ccnc1CN1CCOC[C@H]1CC(=O)O. The summed E-state index contributed by atoms with van der Waals surface area (Å²) in [5.41, 5.74) is 0. The van der Waals surface area contributed by atoms with Crippen LogP contribution in [0.2, 0.25) is 0 Å². The molecule has 0 amide bonds. The van der Waals surface area contributed by atoms with Crippen LogP contribution in [0.1, 0.15) is 25.6 Å². The van der Waals surface area contributed by atoms with Gasteiger partial charge in [0.2, 0.25) is 0 Å². The highest BCUT2D eigenvalue weighted by Crippen LogP contribution is 2.14. The summed E-state index contributed by atoms with van der Waals surface area (Å²) in [6.45, 7) is 5.67. The zero-order valence-electron chi connectivity index (χ0n) is 11.3. The number of carbonyl (C=O) groups is 1. The van der Waals surface area contributed by atoms with E-state index in [-0.39, 0.29) is 12.5 Å². The largest absolute Gasteiger partial charge is 0.481 e. The predicted molar refractivity (Wildman–Crippen MR) is 69.8 cm³/mol. The Bertz CT molecular complexity index is 419. The number of hydrogen-bond donors (Lipinski definition) is 1. The number of aromatic nitrogens is 2. The fourth-order valence-corrected chi connectivity index (χ4v) is 2.40. The van der Waals surface area contributed by atoms with Crippen molar-refractivity contribution >= 4 is 5.97 Å². The van der Waals surface area contributed by atoms with Gasteiger partial charge < -0.3 is 14.4 Å². The maximum Gasteiger partial charge on any atom is 0.305 e. The molecule has 0 spiro atoms. The molecular formula is C13H21N3O3. The van der Waals surface area contributed by atoms with Crippen molar-refractivity contribution in [1.82, 2.24) is 14.5 Å². The summed E-state index contributed by atoms with van der Waals surface area (Å²) in [4.78, 5) is 17.4. The van der Waals surface area contributed by atoms with E-state index in [9.17, 15) is 4.79 Å². The first-order valence-corrected chi connectivity index (χ1v) is 6.74. The normalized spacial score (nSPS) is 20.6. The van der Waals surface area contributed by atoms with Gasteiger partial charge >= 0.3 is 5.97 Å². The standard InChI is InChI=1S/C13H21N3O3/c1-2-4-15-5-3-14-12(15)9-16-6-7-19-10-11(16)8-13(17)18/h3,5,11H,2,4,6-10H2,1H3,(H,17,18)/t11-/m1/s1. The quantitative estimate of drug-likeness (QED) is 0.831. The Morgan fingerprint density at radius 3 is 3.21 bits per heavy atom. The van der Waals surface area contributed by atoms with Crippen molar-refractivity contribution in [2.24, 2.45) is 0 Å². The van der Waals surface area contributed by atoms with E-state index < -0.39 is 5.97 Å². The minimum Gasteiger partial charge on any atom is -0.481 e. The molecule has 0 saturated carbocycles. The zero-order chi connectivity index (χ0) is 13.7. The van der Waals surface area contributed by atoms with Crippen molar-refractivity contribution in [2.45, 2.75) is 38.9 Å². The molecule has 1 N–H and O–H groups in total. The lowest BCUT2D eigenvalue weighted by Crippen LogP contribution is -2.46. The molecule has 19 heavy (non-hydrogen) atoms. The molecule has 6 heteroatoms. The smallest absolute Gasteiger partial charge is 0.305 e. The maximum atomic E-state index is 10.9. The number of nitrogens with zero attached hydrogens (tertiary/aromatic N) is 3. The summed E-state index contributed by atoms with van der Waals surface area (Å²) in [6.07, 6.45) is 4.96. The van der Waals surface area contributed by atoms with E-state index >= 15 is 0 Å². The van der Waals surface area contributed by atoms with Crippen LogP contribution >= 0.6 is 0 Å². The van der Waals surface area contributed by atoms with Crippen molar-refractivity contribution < 1.29 is 14.6 Å². The third-order valence-corrected chi connectivity index (χ3v) is 3.37. The molecule has 0 bridgehead atoms. The molecular weight excluding hydrogens is 246 g/mol. The Morgan fingerprint density at radius 1 is 1.63 bits per heavy atom. The van der Waals surface area contributed by atoms with Gasteiger partial charge in [-0.3, -0.25) is 9.69 Å².